The van der Waals surface area contributed by atoms with E-state index in [0.717, 1.165) is 6.54 Å². The average Bonchev–Trinajstić information content (AvgIpc) is 2.10. The molecule has 0 radical (unpaired) electrons. The molecule has 15 heavy (non-hydrogen) atoms. The second kappa shape index (κ2) is 7.65. The number of ether oxygens (including phenoxy) is 1. The van der Waals surface area contributed by atoms with Gasteiger partial charge in [0.15, 0.2) is 0 Å². The molecule has 0 aliphatic heterocycles. The van der Waals surface area contributed by atoms with Crippen molar-refractivity contribution in [2.75, 3.05) is 26.8 Å². The monoisotopic (exact) mass is 216 g/mol. The minimum absolute atomic E-state index is 0.0743. The third-order valence-corrected chi connectivity index (χ3v) is 2.00. The Balaban J connectivity index is 4.14. The van der Waals surface area contributed by atoms with Crippen molar-refractivity contribution in [2.45, 2.75) is 33.2 Å². The van der Waals surface area contributed by atoms with Gasteiger partial charge in [-0.1, -0.05) is 13.8 Å². The van der Waals surface area contributed by atoms with Crippen molar-refractivity contribution in [1.82, 2.24) is 4.90 Å². The van der Waals surface area contributed by atoms with Crippen molar-refractivity contribution in [3.8, 4) is 0 Å². The van der Waals surface area contributed by atoms with Crippen LogP contribution in [0.2, 0.25) is 0 Å². The van der Waals surface area contributed by atoms with Crippen molar-refractivity contribution in [2.24, 2.45) is 11.7 Å². The summed E-state index contributed by atoms with van der Waals surface area (Å²) in [6.07, 6.45) is 0.413. The van der Waals surface area contributed by atoms with Crippen molar-refractivity contribution in [1.29, 1.82) is 0 Å². The molecule has 2 N–H and O–H groups in total. The molecular weight excluding hydrogens is 192 g/mol. The van der Waals surface area contributed by atoms with Crippen LogP contribution >= 0.6 is 0 Å². The van der Waals surface area contributed by atoms with Crippen molar-refractivity contribution in [3.63, 3.8) is 0 Å². The number of nitrogens with zero attached hydrogens (tertiary/aromatic N) is 1. The maximum atomic E-state index is 11.8. The van der Waals surface area contributed by atoms with Crippen LogP contribution < -0.4 is 5.73 Å². The molecule has 0 rings (SSSR count). The highest BCUT2D eigenvalue weighted by atomic mass is 16.5. The van der Waals surface area contributed by atoms with Gasteiger partial charge in [0.25, 0.3) is 0 Å². The second-order valence-corrected chi connectivity index (χ2v) is 4.41. The number of nitrogens with two attached hydrogens (primary N) is 1. The molecule has 0 saturated heterocycles. The molecule has 0 heterocycles. The highest BCUT2D eigenvalue weighted by Crippen LogP contribution is 2.02. The fraction of sp³-hybridized carbons (Fsp3) is 0.909. The molecule has 0 aliphatic carbocycles. The highest BCUT2D eigenvalue weighted by molar-refractivity contribution is 5.76. The summed E-state index contributed by atoms with van der Waals surface area (Å²) in [5, 5.41) is 0. The zero-order valence-corrected chi connectivity index (χ0v) is 10.3. The minimum atomic E-state index is -0.0743. The van der Waals surface area contributed by atoms with Gasteiger partial charge in [0.1, 0.15) is 0 Å². The lowest BCUT2D eigenvalue weighted by Gasteiger charge is -2.25. The molecule has 1 amide bonds. The normalized spacial score (nSPS) is 12.9. The van der Waals surface area contributed by atoms with E-state index in [9.17, 15) is 4.79 Å². The van der Waals surface area contributed by atoms with Crippen LogP contribution in [0.15, 0.2) is 0 Å². The van der Waals surface area contributed by atoms with Crippen LogP contribution in [0.5, 0.6) is 0 Å². The standard InChI is InChI=1S/C11H24N2O2/c1-9(2)8-13(5-6-15-4)11(14)7-10(3)12/h9-10H,5-8,12H2,1-4H3. The third-order valence-electron chi connectivity index (χ3n) is 2.00. The number of carbonyl (C=O) groups excluding carboxylic acids is 1. The molecular formula is C11H24N2O2. The van der Waals surface area contributed by atoms with Crippen LogP contribution in [0, 0.1) is 5.92 Å². The number of rotatable bonds is 7. The number of carbonyl (C=O) groups is 1. The Bertz CT molecular complexity index is 181. The van der Waals surface area contributed by atoms with Gasteiger partial charge in [0.2, 0.25) is 5.91 Å². The summed E-state index contributed by atoms with van der Waals surface area (Å²) in [5.74, 6) is 0.592. The fourth-order valence-corrected chi connectivity index (χ4v) is 1.36. The van der Waals surface area contributed by atoms with E-state index < -0.39 is 0 Å². The van der Waals surface area contributed by atoms with Gasteiger partial charge in [-0.25, -0.2) is 0 Å². The van der Waals surface area contributed by atoms with Crippen LogP contribution in [-0.4, -0.2) is 43.7 Å². The van der Waals surface area contributed by atoms with E-state index in [-0.39, 0.29) is 11.9 Å². The SMILES string of the molecule is COCCN(CC(C)C)C(=O)CC(C)N. The molecule has 90 valence electrons. The molecule has 0 aromatic rings. The zero-order chi connectivity index (χ0) is 11.8. The lowest BCUT2D eigenvalue weighted by atomic mass is 10.1. The maximum absolute atomic E-state index is 11.8. The summed E-state index contributed by atoms with van der Waals surface area (Å²) in [4.78, 5) is 13.6. The first kappa shape index (κ1) is 14.4. The third kappa shape index (κ3) is 7.33. The molecule has 1 unspecified atom stereocenters. The van der Waals surface area contributed by atoms with Crippen molar-refractivity contribution in [3.05, 3.63) is 0 Å². The van der Waals surface area contributed by atoms with Crippen LogP contribution in [0.4, 0.5) is 0 Å². The Hall–Kier alpha value is -0.610. The molecule has 0 spiro atoms. The van der Waals surface area contributed by atoms with Crippen molar-refractivity contribution < 1.29 is 9.53 Å². The molecule has 0 aliphatic rings. The predicted molar refractivity (Wildman–Crippen MR) is 61.6 cm³/mol. The van der Waals surface area contributed by atoms with Gasteiger partial charge >= 0.3 is 0 Å². The molecule has 0 fully saturated rings. The molecule has 0 aromatic carbocycles. The van der Waals surface area contributed by atoms with E-state index in [2.05, 4.69) is 13.8 Å². The first-order chi connectivity index (χ1) is 6.97. The first-order valence-electron chi connectivity index (χ1n) is 5.49. The lowest BCUT2D eigenvalue weighted by molar-refractivity contribution is -0.132. The van der Waals surface area contributed by atoms with Crippen molar-refractivity contribution >= 4 is 5.91 Å². The average molecular weight is 216 g/mol. The van der Waals surface area contributed by atoms with E-state index in [1.165, 1.54) is 0 Å². The number of hydrogen-bond donors (Lipinski definition) is 1. The summed E-state index contributed by atoms with van der Waals surface area (Å²) < 4.78 is 4.98. The van der Waals surface area contributed by atoms with Gasteiger partial charge in [-0.2, -0.15) is 0 Å². The minimum Gasteiger partial charge on any atom is -0.383 e. The second-order valence-electron chi connectivity index (χ2n) is 4.41. The van der Waals surface area contributed by atoms with Crippen LogP contribution in [-0.2, 0) is 9.53 Å². The smallest absolute Gasteiger partial charge is 0.224 e. The van der Waals surface area contributed by atoms with Crippen LogP contribution in [0.1, 0.15) is 27.2 Å². The van der Waals surface area contributed by atoms with Gasteiger partial charge in [0, 0.05) is 32.7 Å². The van der Waals surface area contributed by atoms with Gasteiger partial charge in [-0.05, 0) is 12.8 Å². The van der Waals surface area contributed by atoms with E-state index >= 15 is 0 Å². The van der Waals surface area contributed by atoms with Crippen LogP contribution in [0.25, 0.3) is 0 Å². The summed E-state index contributed by atoms with van der Waals surface area (Å²) >= 11 is 0. The largest absolute Gasteiger partial charge is 0.383 e. The van der Waals surface area contributed by atoms with Gasteiger partial charge in [0.05, 0.1) is 6.61 Å². The molecule has 0 saturated carbocycles. The van der Waals surface area contributed by atoms with E-state index in [4.69, 9.17) is 10.5 Å². The number of hydrogen-bond acceptors (Lipinski definition) is 3. The van der Waals surface area contributed by atoms with Crippen LogP contribution in [0.3, 0.4) is 0 Å². The van der Waals surface area contributed by atoms with E-state index in [0.29, 0.717) is 25.5 Å². The Morgan fingerprint density at radius 2 is 2.00 bits per heavy atom. The summed E-state index contributed by atoms with van der Waals surface area (Å²) in [6.45, 7) is 8.05. The Kier molecular flexibility index (Phi) is 7.34. The quantitative estimate of drug-likeness (QED) is 0.686. The molecule has 4 nitrogen and oxygen atoms in total. The maximum Gasteiger partial charge on any atom is 0.224 e. The highest BCUT2D eigenvalue weighted by Gasteiger charge is 2.15. The van der Waals surface area contributed by atoms with Gasteiger partial charge in [-0.15, -0.1) is 0 Å². The van der Waals surface area contributed by atoms with E-state index in [1.807, 2.05) is 11.8 Å². The molecule has 0 bridgehead atoms. The van der Waals surface area contributed by atoms with Gasteiger partial charge in [-0.3, -0.25) is 4.79 Å². The Morgan fingerprint density at radius 1 is 1.40 bits per heavy atom. The summed E-state index contributed by atoms with van der Waals surface area (Å²) in [6, 6.07) is -0.0743. The molecule has 4 heteroatoms. The number of methoxy groups -OCH3 is 1. The predicted octanol–water partition coefficient (Wildman–Crippen LogP) is 0.855. The summed E-state index contributed by atoms with van der Waals surface area (Å²) in [7, 11) is 1.64. The lowest BCUT2D eigenvalue weighted by Crippen LogP contribution is -2.39. The Labute approximate surface area is 92.8 Å². The molecule has 0 aromatic heterocycles. The van der Waals surface area contributed by atoms with Gasteiger partial charge < -0.3 is 15.4 Å². The van der Waals surface area contributed by atoms with E-state index in [1.54, 1.807) is 7.11 Å². The number of amides is 1. The topological polar surface area (TPSA) is 55.6 Å². The first-order valence-corrected chi connectivity index (χ1v) is 5.49. The molecule has 1 atom stereocenters. The fourth-order valence-electron chi connectivity index (χ4n) is 1.36. The Morgan fingerprint density at radius 3 is 2.40 bits per heavy atom. The summed E-state index contributed by atoms with van der Waals surface area (Å²) in [5.41, 5.74) is 5.61. The zero-order valence-electron chi connectivity index (χ0n) is 10.3.